The number of hydrogen-bond acceptors (Lipinski definition) is 3. The lowest BCUT2D eigenvalue weighted by molar-refractivity contribution is 0.164. The average Bonchev–Trinajstić information content (AvgIpc) is 2.52. The molecule has 2 unspecified atom stereocenters. The van der Waals surface area contributed by atoms with E-state index in [-0.39, 0.29) is 18.8 Å². The van der Waals surface area contributed by atoms with Crippen LogP contribution in [-0.4, -0.2) is 11.1 Å². The van der Waals surface area contributed by atoms with Crippen LogP contribution in [0.15, 0.2) is 48.5 Å². The smallest absolute Gasteiger partial charge is 0.139 e. The van der Waals surface area contributed by atoms with Crippen LogP contribution in [0.25, 0.3) is 0 Å². The fraction of sp³-hybridized carbons (Fsp3) is 0.333. The second-order valence-corrected chi connectivity index (χ2v) is 5.29. The first-order valence-electron chi connectivity index (χ1n) is 7.33. The van der Waals surface area contributed by atoms with Crippen LogP contribution in [0.3, 0.4) is 0 Å². The maximum Gasteiger partial charge on any atom is 0.139 e. The molecule has 0 radical (unpaired) electrons. The van der Waals surface area contributed by atoms with Gasteiger partial charge in [0.05, 0.1) is 6.61 Å². The summed E-state index contributed by atoms with van der Waals surface area (Å²) < 4.78 is 6.15. The van der Waals surface area contributed by atoms with Gasteiger partial charge in [0, 0.05) is 11.6 Å². The molecule has 2 rings (SSSR count). The molecule has 2 aromatic carbocycles. The SMILES string of the molecule is CCC(N)C(Oc1ccccc1CO)c1cccc(C)c1. The Kier molecular flexibility index (Phi) is 5.37. The maximum atomic E-state index is 9.43. The summed E-state index contributed by atoms with van der Waals surface area (Å²) >= 11 is 0. The summed E-state index contributed by atoms with van der Waals surface area (Å²) in [5, 5.41) is 9.43. The molecule has 3 N–H and O–H groups in total. The third-order valence-electron chi connectivity index (χ3n) is 3.63. The van der Waals surface area contributed by atoms with E-state index in [4.69, 9.17) is 10.5 Å². The van der Waals surface area contributed by atoms with Crippen LogP contribution in [-0.2, 0) is 6.61 Å². The minimum Gasteiger partial charge on any atom is -0.484 e. The number of rotatable bonds is 6. The molecule has 3 heteroatoms. The number of aliphatic hydroxyl groups is 1. The lowest BCUT2D eigenvalue weighted by atomic mass is 9.99. The van der Waals surface area contributed by atoms with Gasteiger partial charge in [0.2, 0.25) is 0 Å². The summed E-state index contributed by atoms with van der Waals surface area (Å²) in [4.78, 5) is 0. The Morgan fingerprint density at radius 1 is 1.14 bits per heavy atom. The Balaban J connectivity index is 2.33. The molecular weight excluding hydrogens is 262 g/mol. The van der Waals surface area contributed by atoms with E-state index in [2.05, 4.69) is 26.0 Å². The molecule has 2 atom stereocenters. The zero-order valence-corrected chi connectivity index (χ0v) is 12.6. The molecule has 0 aliphatic carbocycles. The molecular formula is C18H23NO2. The number of para-hydroxylation sites is 1. The van der Waals surface area contributed by atoms with Gasteiger partial charge in [0.15, 0.2) is 0 Å². The first kappa shape index (κ1) is 15.5. The number of hydrogen-bond donors (Lipinski definition) is 2. The predicted octanol–water partition coefficient (Wildman–Crippen LogP) is 3.34. The van der Waals surface area contributed by atoms with E-state index in [1.807, 2.05) is 36.4 Å². The van der Waals surface area contributed by atoms with Gasteiger partial charge in [-0.2, -0.15) is 0 Å². The van der Waals surface area contributed by atoms with Crippen LogP contribution in [0, 0.1) is 6.92 Å². The van der Waals surface area contributed by atoms with E-state index in [0.717, 1.165) is 17.5 Å². The molecule has 0 heterocycles. The Morgan fingerprint density at radius 2 is 1.90 bits per heavy atom. The van der Waals surface area contributed by atoms with Crippen molar-refractivity contribution in [2.75, 3.05) is 0 Å². The van der Waals surface area contributed by atoms with Crippen molar-refractivity contribution in [3.05, 3.63) is 65.2 Å². The third kappa shape index (κ3) is 3.84. The monoisotopic (exact) mass is 285 g/mol. The lowest BCUT2D eigenvalue weighted by Gasteiger charge is -2.26. The fourth-order valence-electron chi connectivity index (χ4n) is 2.35. The zero-order chi connectivity index (χ0) is 15.2. The Hall–Kier alpha value is -1.84. The highest BCUT2D eigenvalue weighted by atomic mass is 16.5. The van der Waals surface area contributed by atoms with Crippen molar-refractivity contribution in [1.82, 2.24) is 0 Å². The average molecular weight is 285 g/mol. The van der Waals surface area contributed by atoms with E-state index >= 15 is 0 Å². The molecule has 0 bridgehead atoms. The topological polar surface area (TPSA) is 55.5 Å². The van der Waals surface area contributed by atoms with Gasteiger partial charge >= 0.3 is 0 Å². The number of aryl methyl sites for hydroxylation is 1. The highest BCUT2D eigenvalue weighted by molar-refractivity contribution is 5.34. The van der Waals surface area contributed by atoms with E-state index in [1.165, 1.54) is 5.56 Å². The molecule has 0 amide bonds. The molecule has 0 spiro atoms. The minimum absolute atomic E-state index is 0.0436. The predicted molar refractivity (Wildman–Crippen MR) is 85.2 cm³/mol. The van der Waals surface area contributed by atoms with E-state index in [1.54, 1.807) is 0 Å². The molecule has 0 fully saturated rings. The third-order valence-corrected chi connectivity index (χ3v) is 3.63. The first-order valence-corrected chi connectivity index (χ1v) is 7.33. The van der Waals surface area contributed by atoms with Gasteiger partial charge in [-0.25, -0.2) is 0 Å². The maximum absolute atomic E-state index is 9.43. The van der Waals surface area contributed by atoms with E-state index < -0.39 is 0 Å². The van der Waals surface area contributed by atoms with Crippen LogP contribution >= 0.6 is 0 Å². The van der Waals surface area contributed by atoms with Crippen LogP contribution in [0.1, 0.15) is 36.1 Å². The number of ether oxygens (including phenoxy) is 1. The summed E-state index contributed by atoms with van der Waals surface area (Å²) in [6.45, 7) is 4.06. The quantitative estimate of drug-likeness (QED) is 0.856. The molecule has 2 aromatic rings. The minimum atomic E-state index is -0.220. The second kappa shape index (κ2) is 7.25. The molecule has 3 nitrogen and oxygen atoms in total. The highest BCUT2D eigenvalue weighted by Gasteiger charge is 2.21. The number of benzene rings is 2. The molecule has 0 aliphatic rings. The van der Waals surface area contributed by atoms with Crippen molar-refractivity contribution >= 4 is 0 Å². The molecule has 112 valence electrons. The summed E-state index contributed by atoms with van der Waals surface area (Å²) in [7, 11) is 0. The van der Waals surface area contributed by atoms with Crippen molar-refractivity contribution in [2.24, 2.45) is 5.73 Å². The van der Waals surface area contributed by atoms with Crippen LogP contribution in [0.2, 0.25) is 0 Å². The first-order chi connectivity index (χ1) is 10.2. The van der Waals surface area contributed by atoms with Crippen LogP contribution in [0.4, 0.5) is 0 Å². The summed E-state index contributed by atoms with van der Waals surface area (Å²) in [5.74, 6) is 0.690. The molecule has 0 aromatic heterocycles. The van der Waals surface area contributed by atoms with Crippen molar-refractivity contribution in [3.63, 3.8) is 0 Å². The van der Waals surface area contributed by atoms with Gasteiger partial charge in [-0.05, 0) is 25.0 Å². The summed E-state index contributed by atoms with van der Waals surface area (Å²) in [6, 6.07) is 15.6. The molecule has 0 aliphatic heterocycles. The Bertz CT molecular complexity index is 583. The summed E-state index contributed by atoms with van der Waals surface area (Å²) in [6.07, 6.45) is 0.600. The van der Waals surface area contributed by atoms with Crippen molar-refractivity contribution < 1.29 is 9.84 Å². The van der Waals surface area contributed by atoms with Gasteiger partial charge in [0.25, 0.3) is 0 Å². The van der Waals surface area contributed by atoms with Gasteiger partial charge in [-0.15, -0.1) is 0 Å². The molecule has 0 saturated carbocycles. The standard InChI is InChI=1S/C18H23NO2/c1-3-16(19)18(14-9-6-7-13(2)11-14)21-17-10-5-4-8-15(17)12-20/h4-11,16,18,20H,3,12,19H2,1-2H3. The lowest BCUT2D eigenvalue weighted by Crippen LogP contribution is -2.31. The molecule has 21 heavy (non-hydrogen) atoms. The van der Waals surface area contributed by atoms with Crippen molar-refractivity contribution in [3.8, 4) is 5.75 Å². The van der Waals surface area contributed by atoms with Gasteiger partial charge in [0.1, 0.15) is 11.9 Å². The van der Waals surface area contributed by atoms with Gasteiger partial charge in [-0.1, -0.05) is 55.0 Å². The van der Waals surface area contributed by atoms with E-state index in [0.29, 0.717) is 5.75 Å². The number of nitrogens with two attached hydrogens (primary N) is 1. The normalized spacial score (nSPS) is 13.7. The highest BCUT2D eigenvalue weighted by Crippen LogP contribution is 2.28. The van der Waals surface area contributed by atoms with Crippen molar-refractivity contribution in [1.29, 1.82) is 0 Å². The largest absolute Gasteiger partial charge is 0.484 e. The van der Waals surface area contributed by atoms with Crippen molar-refractivity contribution in [2.45, 2.75) is 39.0 Å². The van der Waals surface area contributed by atoms with Crippen LogP contribution in [0.5, 0.6) is 5.75 Å². The second-order valence-electron chi connectivity index (χ2n) is 5.29. The summed E-state index contributed by atoms with van der Waals surface area (Å²) in [5.41, 5.74) is 9.27. The molecule has 0 saturated heterocycles. The Morgan fingerprint density at radius 3 is 2.57 bits per heavy atom. The fourth-order valence-corrected chi connectivity index (χ4v) is 2.35. The zero-order valence-electron chi connectivity index (χ0n) is 12.6. The van der Waals surface area contributed by atoms with Gasteiger partial charge < -0.3 is 15.6 Å². The Labute approximate surface area is 126 Å². The van der Waals surface area contributed by atoms with Crippen LogP contribution < -0.4 is 10.5 Å². The number of aliphatic hydroxyl groups excluding tert-OH is 1. The van der Waals surface area contributed by atoms with Gasteiger partial charge in [-0.3, -0.25) is 0 Å². The van der Waals surface area contributed by atoms with E-state index in [9.17, 15) is 5.11 Å².